The Balaban J connectivity index is 1.32. The number of β-amino-alcohol motifs (C(OH)–C–C–N with tert-alkyl or cyclic N) is 1. The Labute approximate surface area is 176 Å². The van der Waals surface area contributed by atoms with E-state index in [-0.39, 0.29) is 12.5 Å². The van der Waals surface area contributed by atoms with Crippen LogP contribution in [0.25, 0.3) is 21.9 Å². The zero-order valence-electron chi connectivity index (χ0n) is 17.2. The van der Waals surface area contributed by atoms with Crippen molar-refractivity contribution in [1.29, 1.82) is 0 Å². The number of fused-ring (bicyclic) bond motifs is 1. The summed E-state index contributed by atoms with van der Waals surface area (Å²) in [5.74, 6) is 0.863. The summed E-state index contributed by atoms with van der Waals surface area (Å²) in [6, 6.07) is 16.3. The van der Waals surface area contributed by atoms with E-state index in [2.05, 4.69) is 28.1 Å². The van der Waals surface area contributed by atoms with Gasteiger partial charge in [-0.2, -0.15) is 0 Å². The molecule has 0 spiro atoms. The van der Waals surface area contributed by atoms with Gasteiger partial charge < -0.3 is 14.7 Å². The molecule has 1 aliphatic heterocycles. The van der Waals surface area contributed by atoms with Crippen LogP contribution >= 0.6 is 0 Å². The van der Waals surface area contributed by atoms with Gasteiger partial charge in [-0.05, 0) is 52.2 Å². The van der Waals surface area contributed by atoms with E-state index in [1.165, 1.54) is 0 Å². The molecular weight excluding hydrogens is 378 g/mol. The average Bonchev–Trinajstić information content (AvgIpc) is 2.78. The highest BCUT2D eigenvalue weighted by Crippen LogP contribution is 2.27. The molecule has 1 amide bonds. The number of ether oxygens (including phenoxy) is 1. The minimum Gasteiger partial charge on any atom is -0.491 e. The molecule has 2 aromatic carbocycles. The summed E-state index contributed by atoms with van der Waals surface area (Å²) in [7, 11) is 0. The van der Waals surface area contributed by atoms with E-state index < -0.39 is 6.10 Å². The van der Waals surface area contributed by atoms with Crippen LogP contribution < -0.4 is 4.74 Å². The van der Waals surface area contributed by atoms with Crippen LogP contribution in [-0.2, 0) is 4.79 Å². The number of aliphatic hydroxyl groups excluding tert-OH is 1. The summed E-state index contributed by atoms with van der Waals surface area (Å²) in [5.41, 5.74) is 2.29. The summed E-state index contributed by atoms with van der Waals surface area (Å²) in [6.07, 6.45) is 3.02. The van der Waals surface area contributed by atoms with Gasteiger partial charge in [0.1, 0.15) is 18.5 Å². The lowest BCUT2D eigenvalue weighted by atomic mass is 10.0. The predicted molar refractivity (Wildman–Crippen MR) is 117 cm³/mol. The number of piperazine rings is 1. The minimum absolute atomic E-state index is 0.114. The van der Waals surface area contributed by atoms with Crippen molar-refractivity contribution < 1.29 is 14.6 Å². The minimum atomic E-state index is -0.571. The van der Waals surface area contributed by atoms with E-state index in [9.17, 15) is 9.90 Å². The lowest BCUT2D eigenvalue weighted by molar-refractivity contribution is -0.130. The van der Waals surface area contributed by atoms with Gasteiger partial charge in [-0.1, -0.05) is 18.2 Å². The quantitative estimate of drug-likeness (QED) is 0.683. The van der Waals surface area contributed by atoms with Crippen LogP contribution in [0.2, 0.25) is 0 Å². The molecular formula is C24H27N3O3. The molecule has 30 heavy (non-hydrogen) atoms. The highest BCUT2D eigenvalue weighted by molar-refractivity contribution is 5.88. The van der Waals surface area contributed by atoms with E-state index in [0.717, 1.165) is 53.8 Å². The molecule has 1 N–H and O–H groups in total. The van der Waals surface area contributed by atoms with E-state index >= 15 is 0 Å². The molecule has 3 aromatic rings. The van der Waals surface area contributed by atoms with Crippen LogP contribution in [-0.4, -0.2) is 71.2 Å². The normalized spacial score (nSPS) is 15.9. The second-order valence-corrected chi connectivity index (χ2v) is 7.73. The fourth-order valence-electron chi connectivity index (χ4n) is 3.83. The lowest BCUT2D eigenvalue weighted by Gasteiger charge is -2.35. The number of nitrogens with zero attached hydrogens (tertiary/aromatic N) is 3. The van der Waals surface area contributed by atoms with Crippen LogP contribution in [0.1, 0.15) is 6.92 Å². The zero-order chi connectivity index (χ0) is 20.9. The highest BCUT2D eigenvalue weighted by atomic mass is 16.5. The zero-order valence-corrected chi connectivity index (χ0v) is 17.2. The molecule has 0 saturated carbocycles. The number of benzene rings is 2. The molecule has 2 heterocycles. The third-order valence-corrected chi connectivity index (χ3v) is 5.55. The fourth-order valence-corrected chi connectivity index (χ4v) is 3.83. The van der Waals surface area contributed by atoms with Crippen LogP contribution in [0.15, 0.2) is 60.9 Å². The molecule has 0 bridgehead atoms. The Morgan fingerprint density at radius 1 is 1.00 bits per heavy atom. The first-order valence-corrected chi connectivity index (χ1v) is 10.3. The van der Waals surface area contributed by atoms with Crippen molar-refractivity contribution in [3.63, 3.8) is 0 Å². The fraction of sp³-hybridized carbons (Fsp3) is 0.333. The molecule has 0 radical (unpaired) electrons. The number of carbonyl (C=O) groups excluding carboxylic acids is 1. The average molecular weight is 405 g/mol. The van der Waals surface area contributed by atoms with E-state index in [1.807, 2.05) is 35.2 Å². The molecule has 6 heteroatoms. The SMILES string of the molecule is CC(=O)N1CCN(CC(O)COc2ccc3cc(-c4ccncc4)ccc3c2)CC1. The third kappa shape index (κ3) is 4.96. The molecule has 1 fully saturated rings. The first-order chi connectivity index (χ1) is 14.6. The van der Waals surface area contributed by atoms with Crippen molar-refractivity contribution in [2.45, 2.75) is 13.0 Å². The van der Waals surface area contributed by atoms with Crippen molar-refractivity contribution in [3.05, 3.63) is 60.9 Å². The summed E-state index contributed by atoms with van der Waals surface area (Å²) in [5, 5.41) is 12.6. The number of carbonyl (C=O) groups is 1. The second kappa shape index (κ2) is 9.24. The van der Waals surface area contributed by atoms with Gasteiger partial charge in [-0.15, -0.1) is 0 Å². The summed E-state index contributed by atoms with van der Waals surface area (Å²) < 4.78 is 5.84. The lowest BCUT2D eigenvalue weighted by Crippen LogP contribution is -2.50. The Hall–Kier alpha value is -2.96. The molecule has 1 unspecified atom stereocenters. The molecule has 4 rings (SSSR count). The van der Waals surface area contributed by atoms with E-state index in [4.69, 9.17) is 4.74 Å². The van der Waals surface area contributed by atoms with E-state index in [0.29, 0.717) is 6.54 Å². The molecule has 1 saturated heterocycles. The highest BCUT2D eigenvalue weighted by Gasteiger charge is 2.20. The van der Waals surface area contributed by atoms with Gasteiger partial charge in [0.25, 0.3) is 0 Å². The number of aromatic nitrogens is 1. The molecule has 6 nitrogen and oxygen atoms in total. The Morgan fingerprint density at radius 2 is 1.70 bits per heavy atom. The van der Waals surface area contributed by atoms with Gasteiger partial charge >= 0.3 is 0 Å². The smallest absolute Gasteiger partial charge is 0.219 e. The Kier molecular flexibility index (Phi) is 6.26. The molecule has 1 aromatic heterocycles. The number of hydrogen-bond acceptors (Lipinski definition) is 5. The topological polar surface area (TPSA) is 65.9 Å². The third-order valence-electron chi connectivity index (χ3n) is 5.55. The number of rotatable bonds is 6. The van der Waals surface area contributed by atoms with Crippen molar-refractivity contribution in [2.24, 2.45) is 0 Å². The monoisotopic (exact) mass is 405 g/mol. The maximum absolute atomic E-state index is 11.4. The molecule has 1 atom stereocenters. The summed E-state index contributed by atoms with van der Waals surface area (Å²) in [6.45, 7) is 5.40. The second-order valence-electron chi connectivity index (χ2n) is 7.73. The van der Waals surface area contributed by atoms with Gasteiger partial charge in [-0.3, -0.25) is 14.7 Å². The van der Waals surface area contributed by atoms with Gasteiger partial charge in [0, 0.05) is 52.0 Å². The van der Waals surface area contributed by atoms with Gasteiger partial charge in [0.05, 0.1) is 0 Å². The Morgan fingerprint density at radius 3 is 2.43 bits per heavy atom. The maximum atomic E-state index is 11.4. The number of pyridine rings is 1. The van der Waals surface area contributed by atoms with Crippen LogP contribution in [0, 0.1) is 0 Å². The van der Waals surface area contributed by atoms with Gasteiger partial charge in [0.15, 0.2) is 0 Å². The van der Waals surface area contributed by atoms with Crippen LogP contribution in [0.3, 0.4) is 0 Å². The Bertz CT molecular complexity index is 1000. The summed E-state index contributed by atoms with van der Waals surface area (Å²) in [4.78, 5) is 19.5. The summed E-state index contributed by atoms with van der Waals surface area (Å²) >= 11 is 0. The molecule has 0 aliphatic carbocycles. The number of hydrogen-bond donors (Lipinski definition) is 1. The van der Waals surface area contributed by atoms with Crippen LogP contribution in [0.5, 0.6) is 5.75 Å². The van der Waals surface area contributed by atoms with Crippen molar-refractivity contribution >= 4 is 16.7 Å². The maximum Gasteiger partial charge on any atom is 0.219 e. The largest absolute Gasteiger partial charge is 0.491 e. The first kappa shape index (κ1) is 20.3. The number of aliphatic hydroxyl groups is 1. The van der Waals surface area contributed by atoms with Crippen molar-refractivity contribution in [3.8, 4) is 16.9 Å². The van der Waals surface area contributed by atoms with Gasteiger partial charge in [0.2, 0.25) is 5.91 Å². The molecule has 156 valence electrons. The van der Waals surface area contributed by atoms with Crippen LogP contribution in [0.4, 0.5) is 0 Å². The first-order valence-electron chi connectivity index (χ1n) is 10.3. The van der Waals surface area contributed by atoms with E-state index in [1.54, 1.807) is 19.3 Å². The number of amides is 1. The van der Waals surface area contributed by atoms with Crippen molar-refractivity contribution in [2.75, 3.05) is 39.3 Å². The standard InChI is InChI=1S/C24H27N3O3/c1-18(28)27-12-10-26(11-13-27)16-23(29)17-30-24-5-4-21-14-20(2-3-22(21)15-24)19-6-8-25-9-7-19/h2-9,14-15,23,29H,10-13,16-17H2,1H3. The van der Waals surface area contributed by atoms with Gasteiger partial charge in [-0.25, -0.2) is 0 Å². The van der Waals surface area contributed by atoms with Crippen molar-refractivity contribution in [1.82, 2.24) is 14.8 Å². The predicted octanol–water partition coefficient (Wildman–Crippen LogP) is 2.81. The molecule has 1 aliphatic rings.